The minimum Gasteiger partial charge on any atom is -0.481 e. The van der Waals surface area contributed by atoms with Crippen molar-refractivity contribution in [2.75, 3.05) is 0 Å². The van der Waals surface area contributed by atoms with Crippen molar-refractivity contribution in [2.45, 2.75) is 52.6 Å². The summed E-state index contributed by atoms with van der Waals surface area (Å²) in [4.78, 5) is 11.0. The molecule has 0 aromatic heterocycles. The minimum absolute atomic E-state index is 0.244. The van der Waals surface area contributed by atoms with Crippen molar-refractivity contribution < 1.29 is 15.0 Å². The van der Waals surface area contributed by atoms with E-state index in [2.05, 4.69) is 0 Å². The van der Waals surface area contributed by atoms with Gasteiger partial charge in [-0.2, -0.15) is 0 Å². The molecule has 1 rings (SSSR count). The summed E-state index contributed by atoms with van der Waals surface area (Å²) in [5.41, 5.74) is 2.57. The molecule has 0 fully saturated rings. The fourth-order valence-electron chi connectivity index (χ4n) is 2.88. The number of carbonyl (C=O) groups is 1. The van der Waals surface area contributed by atoms with Crippen LogP contribution in [0.1, 0.15) is 48.4 Å². The molecule has 0 radical (unpaired) electrons. The standard InChI is InChI=1S/C15H22O3/c1-5-6-15(18,9-13(16)17)14-11(3)7-10(2)8-12(14)4/h7-8,18H,5-6,9H2,1-4H3,(H,16,17). The van der Waals surface area contributed by atoms with E-state index in [-0.39, 0.29) is 6.42 Å². The molecule has 3 heteroatoms. The lowest BCUT2D eigenvalue weighted by molar-refractivity contribution is -0.143. The van der Waals surface area contributed by atoms with E-state index >= 15 is 0 Å². The number of aryl methyl sites for hydroxylation is 3. The van der Waals surface area contributed by atoms with Crippen LogP contribution in [0, 0.1) is 20.8 Å². The lowest BCUT2D eigenvalue weighted by atomic mass is 9.80. The molecule has 100 valence electrons. The number of hydrogen-bond acceptors (Lipinski definition) is 2. The first kappa shape index (κ1) is 14.7. The Balaban J connectivity index is 3.33. The van der Waals surface area contributed by atoms with Crippen molar-refractivity contribution in [3.8, 4) is 0 Å². The zero-order valence-electron chi connectivity index (χ0n) is 11.6. The molecular weight excluding hydrogens is 228 g/mol. The van der Waals surface area contributed by atoms with Crippen LogP contribution >= 0.6 is 0 Å². The Hall–Kier alpha value is -1.35. The first-order valence-corrected chi connectivity index (χ1v) is 6.32. The number of carboxylic acid groups (broad SMARTS) is 1. The zero-order chi connectivity index (χ0) is 13.9. The Kier molecular flexibility index (Phi) is 4.52. The smallest absolute Gasteiger partial charge is 0.306 e. The molecule has 1 aromatic carbocycles. The highest BCUT2D eigenvalue weighted by Crippen LogP contribution is 2.35. The number of carboxylic acids is 1. The van der Waals surface area contributed by atoms with Crippen LogP contribution in [0.25, 0.3) is 0 Å². The van der Waals surface area contributed by atoms with Gasteiger partial charge in [0, 0.05) is 0 Å². The number of hydrogen-bond donors (Lipinski definition) is 2. The van der Waals surface area contributed by atoms with Crippen LogP contribution in [0.5, 0.6) is 0 Å². The molecule has 0 heterocycles. The van der Waals surface area contributed by atoms with Gasteiger partial charge in [-0.25, -0.2) is 0 Å². The second-order valence-electron chi connectivity index (χ2n) is 5.13. The van der Waals surface area contributed by atoms with Gasteiger partial charge in [0.15, 0.2) is 0 Å². The molecule has 3 nitrogen and oxygen atoms in total. The molecule has 0 saturated heterocycles. The summed E-state index contributed by atoms with van der Waals surface area (Å²) in [5.74, 6) is -0.967. The second kappa shape index (κ2) is 5.53. The summed E-state index contributed by atoms with van der Waals surface area (Å²) >= 11 is 0. The van der Waals surface area contributed by atoms with Crippen molar-refractivity contribution in [3.63, 3.8) is 0 Å². The van der Waals surface area contributed by atoms with E-state index in [4.69, 9.17) is 5.11 Å². The van der Waals surface area contributed by atoms with E-state index < -0.39 is 11.6 Å². The Labute approximate surface area is 108 Å². The summed E-state index contributed by atoms with van der Waals surface area (Å²) in [6.07, 6.45) is 0.964. The van der Waals surface area contributed by atoms with E-state index in [1.54, 1.807) is 0 Å². The molecule has 0 saturated carbocycles. The van der Waals surface area contributed by atoms with Crippen LogP contribution in [0.2, 0.25) is 0 Å². The first-order valence-electron chi connectivity index (χ1n) is 6.32. The summed E-state index contributed by atoms with van der Waals surface area (Å²) in [6.45, 7) is 7.81. The third kappa shape index (κ3) is 3.10. The molecule has 0 bridgehead atoms. The number of benzene rings is 1. The lowest BCUT2D eigenvalue weighted by Gasteiger charge is -2.30. The maximum atomic E-state index is 11.0. The van der Waals surface area contributed by atoms with Crippen LogP contribution < -0.4 is 0 Å². The fourth-order valence-corrected chi connectivity index (χ4v) is 2.88. The summed E-state index contributed by atoms with van der Waals surface area (Å²) in [7, 11) is 0. The van der Waals surface area contributed by atoms with Gasteiger partial charge in [-0.15, -0.1) is 0 Å². The maximum absolute atomic E-state index is 11.0. The summed E-state index contributed by atoms with van der Waals surface area (Å²) in [5, 5.41) is 19.7. The van der Waals surface area contributed by atoms with Crippen molar-refractivity contribution in [1.82, 2.24) is 0 Å². The van der Waals surface area contributed by atoms with Crippen molar-refractivity contribution in [3.05, 3.63) is 34.4 Å². The van der Waals surface area contributed by atoms with Gasteiger partial charge in [-0.05, 0) is 43.9 Å². The van der Waals surface area contributed by atoms with Crippen LogP contribution in [0.4, 0.5) is 0 Å². The monoisotopic (exact) mass is 250 g/mol. The third-order valence-electron chi connectivity index (χ3n) is 3.25. The quantitative estimate of drug-likeness (QED) is 0.844. The average molecular weight is 250 g/mol. The number of aliphatic hydroxyl groups is 1. The normalized spacial score (nSPS) is 14.3. The van der Waals surface area contributed by atoms with Gasteiger partial charge in [0.25, 0.3) is 0 Å². The lowest BCUT2D eigenvalue weighted by Crippen LogP contribution is -2.31. The van der Waals surface area contributed by atoms with Crippen molar-refractivity contribution in [1.29, 1.82) is 0 Å². The second-order valence-corrected chi connectivity index (χ2v) is 5.13. The predicted octanol–water partition coefficient (Wildman–Crippen LogP) is 3.07. The van der Waals surface area contributed by atoms with Gasteiger partial charge >= 0.3 is 5.97 Å². The summed E-state index contributed by atoms with van der Waals surface area (Å²) in [6, 6.07) is 3.98. The van der Waals surface area contributed by atoms with Crippen LogP contribution in [-0.2, 0) is 10.4 Å². The van der Waals surface area contributed by atoms with Gasteiger partial charge in [-0.1, -0.05) is 31.0 Å². The third-order valence-corrected chi connectivity index (χ3v) is 3.25. The Morgan fingerprint density at radius 1 is 1.22 bits per heavy atom. The molecule has 2 N–H and O–H groups in total. The predicted molar refractivity (Wildman–Crippen MR) is 71.7 cm³/mol. The first-order chi connectivity index (χ1) is 8.30. The van der Waals surface area contributed by atoms with E-state index in [0.29, 0.717) is 6.42 Å². The number of rotatable bonds is 5. The molecule has 0 spiro atoms. The molecule has 0 aliphatic rings. The average Bonchev–Trinajstić information content (AvgIpc) is 2.13. The largest absolute Gasteiger partial charge is 0.481 e. The Bertz CT molecular complexity index is 428. The molecular formula is C15H22O3. The highest BCUT2D eigenvalue weighted by atomic mass is 16.4. The topological polar surface area (TPSA) is 57.5 Å². The fraction of sp³-hybridized carbons (Fsp3) is 0.533. The van der Waals surface area contributed by atoms with Gasteiger partial charge in [0.2, 0.25) is 0 Å². The van der Waals surface area contributed by atoms with Crippen LogP contribution in [-0.4, -0.2) is 16.2 Å². The zero-order valence-corrected chi connectivity index (χ0v) is 11.6. The molecule has 0 amide bonds. The van der Waals surface area contributed by atoms with Crippen LogP contribution in [0.15, 0.2) is 12.1 Å². The highest BCUT2D eigenvalue weighted by molar-refractivity contribution is 5.69. The van der Waals surface area contributed by atoms with E-state index in [9.17, 15) is 9.90 Å². The van der Waals surface area contributed by atoms with E-state index in [0.717, 1.165) is 28.7 Å². The Morgan fingerprint density at radius 3 is 2.11 bits per heavy atom. The van der Waals surface area contributed by atoms with Crippen LogP contribution in [0.3, 0.4) is 0 Å². The van der Waals surface area contributed by atoms with Gasteiger partial charge < -0.3 is 10.2 Å². The van der Waals surface area contributed by atoms with Gasteiger partial charge in [0.1, 0.15) is 5.60 Å². The Morgan fingerprint density at radius 2 is 1.72 bits per heavy atom. The molecule has 18 heavy (non-hydrogen) atoms. The molecule has 0 aliphatic carbocycles. The maximum Gasteiger partial charge on any atom is 0.306 e. The van der Waals surface area contributed by atoms with E-state index in [1.807, 2.05) is 39.8 Å². The van der Waals surface area contributed by atoms with Gasteiger partial charge in [0.05, 0.1) is 6.42 Å². The molecule has 0 aliphatic heterocycles. The summed E-state index contributed by atoms with van der Waals surface area (Å²) < 4.78 is 0. The molecule has 1 aromatic rings. The molecule has 1 atom stereocenters. The van der Waals surface area contributed by atoms with Gasteiger partial charge in [-0.3, -0.25) is 4.79 Å². The van der Waals surface area contributed by atoms with E-state index in [1.165, 1.54) is 0 Å². The number of aliphatic carboxylic acids is 1. The SMILES string of the molecule is CCCC(O)(CC(=O)O)c1c(C)cc(C)cc1C. The molecule has 1 unspecified atom stereocenters. The van der Waals surface area contributed by atoms with Crippen molar-refractivity contribution in [2.24, 2.45) is 0 Å². The van der Waals surface area contributed by atoms with Crippen molar-refractivity contribution >= 4 is 5.97 Å². The minimum atomic E-state index is -1.26. The highest BCUT2D eigenvalue weighted by Gasteiger charge is 2.34.